The number of aryl methyl sites for hydroxylation is 1. The number of hydrogen-bond donors (Lipinski definition) is 1. The van der Waals surface area contributed by atoms with Gasteiger partial charge >= 0.3 is 0 Å². The Hall–Kier alpha value is -1.06. The zero-order chi connectivity index (χ0) is 11.0. The van der Waals surface area contributed by atoms with E-state index in [9.17, 15) is 0 Å². The van der Waals surface area contributed by atoms with E-state index < -0.39 is 0 Å². The molecule has 1 heterocycles. The predicted molar refractivity (Wildman–Crippen MR) is 61.8 cm³/mol. The highest BCUT2D eigenvalue weighted by Crippen LogP contribution is 2.35. The van der Waals surface area contributed by atoms with Crippen LogP contribution < -0.4 is 10.1 Å². The Morgan fingerprint density at radius 3 is 3.25 bits per heavy atom. The molecule has 0 bridgehead atoms. The van der Waals surface area contributed by atoms with Crippen LogP contribution in [-0.2, 0) is 11.2 Å². The summed E-state index contributed by atoms with van der Waals surface area (Å²) < 4.78 is 11.1. The van der Waals surface area contributed by atoms with Gasteiger partial charge in [-0.2, -0.15) is 0 Å². The maximum atomic E-state index is 5.88. The van der Waals surface area contributed by atoms with Gasteiger partial charge in [0.15, 0.2) is 0 Å². The van der Waals surface area contributed by atoms with Crippen LogP contribution in [0.5, 0.6) is 5.75 Å². The monoisotopic (exact) mass is 219 g/mol. The Labute approximate surface area is 95.8 Å². The van der Waals surface area contributed by atoms with Crippen molar-refractivity contribution in [2.75, 3.05) is 20.3 Å². The third-order valence-electron chi connectivity index (χ3n) is 3.55. The molecule has 2 aliphatic rings. The summed E-state index contributed by atoms with van der Waals surface area (Å²) in [7, 11) is 1.71. The topological polar surface area (TPSA) is 30.5 Å². The van der Waals surface area contributed by atoms with Crippen LogP contribution in [-0.4, -0.2) is 26.3 Å². The van der Waals surface area contributed by atoms with Crippen LogP contribution in [0.1, 0.15) is 23.7 Å². The number of hydrogen-bond acceptors (Lipinski definition) is 3. The first kappa shape index (κ1) is 10.1. The van der Waals surface area contributed by atoms with E-state index in [0.717, 1.165) is 31.7 Å². The molecule has 0 saturated carbocycles. The Morgan fingerprint density at radius 2 is 2.38 bits per heavy atom. The maximum absolute atomic E-state index is 5.88. The second-order valence-electron chi connectivity index (χ2n) is 4.46. The summed E-state index contributed by atoms with van der Waals surface area (Å²) in [6, 6.07) is 6.82. The first-order valence-electron chi connectivity index (χ1n) is 5.90. The lowest BCUT2D eigenvalue weighted by Gasteiger charge is -2.37. The van der Waals surface area contributed by atoms with E-state index in [1.165, 1.54) is 11.1 Å². The van der Waals surface area contributed by atoms with Crippen LogP contribution >= 0.6 is 0 Å². The molecule has 1 aliphatic heterocycles. The van der Waals surface area contributed by atoms with Crippen molar-refractivity contribution >= 4 is 0 Å². The van der Waals surface area contributed by atoms with E-state index in [1.807, 2.05) is 6.07 Å². The molecule has 1 aromatic carbocycles. The van der Waals surface area contributed by atoms with E-state index in [2.05, 4.69) is 17.4 Å². The highest BCUT2D eigenvalue weighted by molar-refractivity contribution is 5.39. The van der Waals surface area contributed by atoms with Crippen LogP contribution in [0.25, 0.3) is 0 Å². The van der Waals surface area contributed by atoms with Crippen molar-refractivity contribution in [2.24, 2.45) is 0 Å². The van der Waals surface area contributed by atoms with Crippen molar-refractivity contribution < 1.29 is 9.47 Å². The van der Waals surface area contributed by atoms with E-state index in [0.29, 0.717) is 6.04 Å². The third-order valence-corrected chi connectivity index (χ3v) is 3.55. The van der Waals surface area contributed by atoms with Gasteiger partial charge in [0.2, 0.25) is 0 Å². The quantitative estimate of drug-likeness (QED) is 0.779. The minimum absolute atomic E-state index is 0.239. The molecule has 3 nitrogen and oxygen atoms in total. The van der Waals surface area contributed by atoms with Gasteiger partial charge in [0.25, 0.3) is 0 Å². The largest absolute Gasteiger partial charge is 0.497 e. The zero-order valence-corrected chi connectivity index (χ0v) is 9.53. The van der Waals surface area contributed by atoms with Gasteiger partial charge in [0.1, 0.15) is 5.75 Å². The fourth-order valence-electron chi connectivity index (χ4n) is 2.73. The standard InChI is InChI=1S/C13H17NO2/c1-15-10-3-4-11-9(8-10)2-5-12-13(11)16-7-6-14-12/h3-4,8,12-14H,2,5-7H2,1H3. The summed E-state index contributed by atoms with van der Waals surface area (Å²) >= 11 is 0. The number of nitrogens with one attached hydrogen (secondary N) is 1. The minimum atomic E-state index is 0.239. The van der Waals surface area contributed by atoms with Crippen LogP contribution in [0, 0.1) is 0 Å². The molecule has 1 saturated heterocycles. The molecule has 0 radical (unpaired) electrons. The number of benzene rings is 1. The molecule has 0 amide bonds. The van der Waals surface area contributed by atoms with Crippen molar-refractivity contribution in [3.63, 3.8) is 0 Å². The van der Waals surface area contributed by atoms with Gasteiger partial charge in [-0.25, -0.2) is 0 Å². The summed E-state index contributed by atoms with van der Waals surface area (Å²) in [5, 5.41) is 3.53. The van der Waals surface area contributed by atoms with Crippen molar-refractivity contribution in [1.29, 1.82) is 0 Å². The number of rotatable bonds is 1. The lowest BCUT2D eigenvalue weighted by atomic mass is 9.85. The van der Waals surface area contributed by atoms with E-state index in [4.69, 9.17) is 9.47 Å². The Balaban J connectivity index is 1.96. The van der Waals surface area contributed by atoms with Crippen molar-refractivity contribution in [3.8, 4) is 5.75 Å². The lowest BCUT2D eigenvalue weighted by Crippen LogP contribution is -2.45. The predicted octanol–water partition coefficient (Wildman–Crippen LogP) is 1.67. The first-order valence-corrected chi connectivity index (χ1v) is 5.90. The van der Waals surface area contributed by atoms with Crippen LogP contribution in [0.3, 0.4) is 0 Å². The van der Waals surface area contributed by atoms with Crippen LogP contribution in [0.2, 0.25) is 0 Å². The molecular weight excluding hydrogens is 202 g/mol. The zero-order valence-electron chi connectivity index (χ0n) is 9.53. The van der Waals surface area contributed by atoms with Crippen molar-refractivity contribution in [2.45, 2.75) is 25.0 Å². The average Bonchev–Trinajstić information content (AvgIpc) is 2.38. The van der Waals surface area contributed by atoms with Gasteiger partial charge in [-0.3, -0.25) is 0 Å². The molecule has 1 fully saturated rings. The molecule has 1 aliphatic carbocycles. The Morgan fingerprint density at radius 1 is 1.44 bits per heavy atom. The molecule has 16 heavy (non-hydrogen) atoms. The SMILES string of the molecule is COc1ccc2c(c1)CCC1NCCOC21. The van der Waals surface area contributed by atoms with E-state index in [1.54, 1.807) is 7.11 Å². The maximum Gasteiger partial charge on any atom is 0.119 e. The summed E-state index contributed by atoms with van der Waals surface area (Å²) in [6.45, 7) is 1.79. The van der Waals surface area contributed by atoms with Crippen molar-refractivity contribution in [3.05, 3.63) is 29.3 Å². The summed E-state index contributed by atoms with van der Waals surface area (Å²) in [5.41, 5.74) is 2.72. The fraction of sp³-hybridized carbons (Fsp3) is 0.538. The van der Waals surface area contributed by atoms with Gasteiger partial charge in [0.05, 0.1) is 19.8 Å². The summed E-state index contributed by atoms with van der Waals surface area (Å²) in [6.07, 6.45) is 2.51. The molecule has 1 N–H and O–H groups in total. The second kappa shape index (κ2) is 4.07. The molecule has 2 unspecified atom stereocenters. The molecule has 3 heteroatoms. The molecule has 0 spiro atoms. The smallest absolute Gasteiger partial charge is 0.119 e. The van der Waals surface area contributed by atoms with Crippen molar-refractivity contribution in [1.82, 2.24) is 5.32 Å². The molecular formula is C13H17NO2. The van der Waals surface area contributed by atoms with Gasteiger partial charge in [-0.15, -0.1) is 0 Å². The average molecular weight is 219 g/mol. The number of fused-ring (bicyclic) bond motifs is 3. The van der Waals surface area contributed by atoms with E-state index in [-0.39, 0.29) is 6.10 Å². The fourth-order valence-corrected chi connectivity index (χ4v) is 2.73. The molecule has 1 aromatic rings. The van der Waals surface area contributed by atoms with Crippen LogP contribution in [0.4, 0.5) is 0 Å². The summed E-state index contributed by atoms with van der Waals surface area (Å²) in [5.74, 6) is 0.945. The highest BCUT2D eigenvalue weighted by atomic mass is 16.5. The molecule has 86 valence electrons. The van der Waals surface area contributed by atoms with Crippen LogP contribution in [0.15, 0.2) is 18.2 Å². The van der Waals surface area contributed by atoms with Gasteiger partial charge in [-0.1, -0.05) is 6.07 Å². The molecule has 3 rings (SSSR count). The Bertz CT molecular complexity index is 392. The number of ether oxygens (including phenoxy) is 2. The van der Waals surface area contributed by atoms with Gasteiger partial charge in [0, 0.05) is 12.6 Å². The Kier molecular flexibility index (Phi) is 2.58. The number of morpholine rings is 1. The van der Waals surface area contributed by atoms with Gasteiger partial charge < -0.3 is 14.8 Å². The normalized spacial score (nSPS) is 28.1. The third kappa shape index (κ3) is 1.60. The van der Waals surface area contributed by atoms with E-state index >= 15 is 0 Å². The number of methoxy groups -OCH3 is 1. The minimum Gasteiger partial charge on any atom is -0.497 e. The highest BCUT2D eigenvalue weighted by Gasteiger charge is 2.32. The summed E-state index contributed by atoms with van der Waals surface area (Å²) in [4.78, 5) is 0. The second-order valence-corrected chi connectivity index (χ2v) is 4.46. The molecule has 2 atom stereocenters. The van der Waals surface area contributed by atoms with Gasteiger partial charge in [-0.05, 0) is 36.1 Å². The first-order chi connectivity index (χ1) is 7.88. The lowest BCUT2D eigenvalue weighted by molar-refractivity contribution is -0.0127. The molecule has 0 aromatic heterocycles.